The number of hydrogen-bond donors (Lipinski definition) is 0. The fourth-order valence-corrected chi connectivity index (χ4v) is 3.93. The zero-order valence-corrected chi connectivity index (χ0v) is 20.9. The summed E-state index contributed by atoms with van der Waals surface area (Å²) in [6.07, 6.45) is 1.97. The zero-order valence-electron chi connectivity index (χ0n) is 23.9. The van der Waals surface area contributed by atoms with Crippen LogP contribution in [-0.4, -0.2) is 53.5 Å². The predicted molar refractivity (Wildman–Crippen MR) is 132 cm³/mol. The van der Waals surface area contributed by atoms with Crippen LogP contribution >= 0.6 is 0 Å². The van der Waals surface area contributed by atoms with Crippen LogP contribution in [0.4, 0.5) is 0 Å². The fourth-order valence-electron chi connectivity index (χ4n) is 3.93. The maximum absolute atomic E-state index is 10.4. The molecule has 2 rings (SSSR count). The Kier molecular flexibility index (Phi) is 8.21. The summed E-state index contributed by atoms with van der Waals surface area (Å²) in [7, 11) is 8.06. The lowest BCUT2D eigenvalue weighted by atomic mass is 9.69. The smallest absolute Gasteiger partial charge is 0.161 e. The van der Waals surface area contributed by atoms with Crippen LogP contribution in [0.25, 0.3) is 0 Å². The van der Waals surface area contributed by atoms with Gasteiger partial charge in [0, 0.05) is 6.54 Å². The van der Waals surface area contributed by atoms with Crippen LogP contribution in [0.1, 0.15) is 41.9 Å². The monoisotopic (exact) mass is 457 g/mol. The number of nitrogens with zero attached hydrogens (tertiary/aromatic N) is 2. The first-order valence-corrected chi connectivity index (χ1v) is 11.1. The Balaban J connectivity index is 2.20. The van der Waals surface area contributed by atoms with Crippen molar-refractivity contribution in [2.75, 3.05) is 48.6 Å². The van der Waals surface area contributed by atoms with E-state index in [1.165, 1.54) is 14.2 Å². The second-order valence-electron chi connectivity index (χ2n) is 8.40. The van der Waals surface area contributed by atoms with E-state index in [0.29, 0.717) is 24.3 Å². The van der Waals surface area contributed by atoms with Crippen molar-refractivity contribution < 1.29 is 23.1 Å². The van der Waals surface area contributed by atoms with Crippen molar-refractivity contribution in [2.45, 2.75) is 38.5 Å². The number of benzene rings is 2. The van der Waals surface area contributed by atoms with Gasteiger partial charge in [-0.25, -0.2) is 0 Å². The van der Waals surface area contributed by atoms with Crippen LogP contribution in [0.5, 0.6) is 23.0 Å². The van der Waals surface area contributed by atoms with Gasteiger partial charge < -0.3 is 23.8 Å². The fraction of sp³-hybridized carbons (Fsp3) is 0.519. The highest BCUT2D eigenvalue weighted by molar-refractivity contribution is 5.47. The van der Waals surface area contributed by atoms with E-state index in [0.717, 1.165) is 25.1 Å². The Labute approximate surface area is 203 Å². The highest BCUT2D eigenvalue weighted by Crippen LogP contribution is 2.40. The molecule has 0 N–H and O–H groups in total. The zero-order chi connectivity index (χ0) is 27.0. The van der Waals surface area contributed by atoms with E-state index in [1.54, 1.807) is 14.2 Å². The Morgan fingerprint density at radius 3 is 2.21 bits per heavy atom. The Bertz CT molecular complexity index is 1090. The summed E-state index contributed by atoms with van der Waals surface area (Å²) in [5.74, 6) is 1.35. The Hall–Kier alpha value is -2.91. The molecule has 2 aromatic carbocycles. The molecule has 180 valence electrons. The van der Waals surface area contributed by atoms with Gasteiger partial charge >= 0.3 is 0 Å². The lowest BCUT2D eigenvalue weighted by molar-refractivity contribution is 0.292. The number of nitriles is 1. The van der Waals surface area contributed by atoms with Crippen molar-refractivity contribution in [3.05, 3.63) is 47.5 Å². The summed E-state index contributed by atoms with van der Waals surface area (Å²) in [5, 5.41) is 10.4. The molecule has 0 amide bonds. The molecule has 0 bridgehead atoms. The third kappa shape index (κ3) is 6.33. The minimum atomic E-state index is -1.10. The molecule has 6 heteroatoms. The molecule has 0 aliphatic carbocycles. The van der Waals surface area contributed by atoms with E-state index >= 15 is 0 Å². The molecule has 33 heavy (non-hydrogen) atoms. The summed E-state index contributed by atoms with van der Waals surface area (Å²) in [6, 6.07) is 7.93. The molecule has 6 nitrogen and oxygen atoms in total. The molecule has 1 atom stereocenters. The standard InChI is InChI=1S/C27H38N2O4/c1-20(2)27(19-28,22-10-12-24(31-5)26(18-22)33-7)14-8-15-29(3)16-13-21-9-11-23(30-4)25(17-21)32-6/h9-12,17-18,20H,8,13-16H2,1-7H3/i10D,12D,18D. The summed E-state index contributed by atoms with van der Waals surface area (Å²) >= 11 is 0. The van der Waals surface area contributed by atoms with E-state index in [1.807, 2.05) is 39.1 Å². The number of ether oxygens (including phenoxy) is 4. The van der Waals surface area contributed by atoms with Gasteiger partial charge in [0.15, 0.2) is 23.0 Å². The molecule has 0 saturated heterocycles. The summed E-state index contributed by atoms with van der Waals surface area (Å²) in [4.78, 5) is 2.20. The topological polar surface area (TPSA) is 64.0 Å². The highest BCUT2D eigenvalue weighted by atomic mass is 16.5. The van der Waals surface area contributed by atoms with Crippen LogP contribution in [0.2, 0.25) is 0 Å². The van der Waals surface area contributed by atoms with Crippen LogP contribution in [0.15, 0.2) is 36.3 Å². The summed E-state index contributed by atoms with van der Waals surface area (Å²) in [6.45, 7) is 5.40. The van der Waals surface area contributed by atoms with Gasteiger partial charge in [-0.2, -0.15) is 5.26 Å². The van der Waals surface area contributed by atoms with Crippen LogP contribution < -0.4 is 18.9 Å². The molecule has 0 fully saturated rings. The van der Waals surface area contributed by atoms with Crippen molar-refractivity contribution in [3.8, 4) is 29.1 Å². The lowest BCUT2D eigenvalue weighted by Crippen LogP contribution is -2.32. The third-order valence-corrected chi connectivity index (χ3v) is 6.13. The van der Waals surface area contributed by atoms with Crippen molar-refractivity contribution in [1.29, 1.82) is 5.26 Å². The molecular weight excluding hydrogens is 416 g/mol. The molecule has 0 radical (unpaired) electrons. The molecular formula is C27H38N2O4. The number of hydrogen-bond acceptors (Lipinski definition) is 6. The van der Waals surface area contributed by atoms with E-state index in [9.17, 15) is 5.26 Å². The molecule has 1 unspecified atom stereocenters. The van der Waals surface area contributed by atoms with Gasteiger partial charge in [0.25, 0.3) is 0 Å². The van der Waals surface area contributed by atoms with Gasteiger partial charge in [-0.05, 0) is 74.1 Å². The minimum absolute atomic E-state index is 0.0433. The van der Waals surface area contributed by atoms with Gasteiger partial charge in [0.2, 0.25) is 0 Å². The highest BCUT2D eigenvalue weighted by Gasteiger charge is 2.36. The summed E-state index contributed by atoms with van der Waals surface area (Å²) < 4.78 is 47.1. The van der Waals surface area contributed by atoms with Crippen molar-refractivity contribution >= 4 is 0 Å². The van der Waals surface area contributed by atoms with E-state index in [2.05, 4.69) is 11.0 Å². The first-order valence-electron chi connectivity index (χ1n) is 12.6. The normalized spacial score (nSPS) is 14.1. The number of rotatable bonds is 13. The van der Waals surface area contributed by atoms with Gasteiger partial charge in [-0.15, -0.1) is 0 Å². The second-order valence-corrected chi connectivity index (χ2v) is 8.40. The third-order valence-electron chi connectivity index (χ3n) is 6.13. The van der Waals surface area contributed by atoms with Crippen molar-refractivity contribution in [1.82, 2.24) is 4.90 Å². The average molecular weight is 458 g/mol. The van der Waals surface area contributed by atoms with Crippen LogP contribution in [0.3, 0.4) is 0 Å². The largest absolute Gasteiger partial charge is 0.493 e. The molecule has 0 aliphatic heterocycles. The average Bonchev–Trinajstić information content (AvgIpc) is 2.87. The molecule has 0 heterocycles. The SMILES string of the molecule is [2H]c1c([2H])c(C(C#N)(CCCN(C)CCc2ccc(OC)c(OC)c2)C(C)C)c([2H])c(OC)c1OC. The van der Waals surface area contributed by atoms with Crippen LogP contribution in [-0.2, 0) is 11.8 Å². The van der Waals surface area contributed by atoms with Crippen LogP contribution in [0, 0.1) is 17.2 Å². The number of likely N-dealkylation sites (N-methyl/N-ethyl adjacent to an activating group) is 1. The Morgan fingerprint density at radius 1 is 0.970 bits per heavy atom. The quantitative estimate of drug-likeness (QED) is 0.417. The van der Waals surface area contributed by atoms with Gasteiger partial charge in [0.1, 0.15) is 0 Å². The van der Waals surface area contributed by atoms with Gasteiger partial charge in [0.05, 0.1) is 44.0 Å². The Morgan fingerprint density at radius 2 is 1.64 bits per heavy atom. The molecule has 2 aromatic rings. The maximum Gasteiger partial charge on any atom is 0.161 e. The summed E-state index contributed by atoms with van der Waals surface area (Å²) in [5.41, 5.74) is 0.267. The minimum Gasteiger partial charge on any atom is -0.493 e. The first kappa shape index (κ1) is 21.9. The first-order chi connectivity index (χ1) is 17.1. The number of methoxy groups -OCH3 is 4. The molecule has 0 saturated carbocycles. The lowest BCUT2D eigenvalue weighted by Gasteiger charge is -2.32. The van der Waals surface area contributed by atoms with Crippen molar-refractivity contribution in [2.24, 2.45) is 5.92 Å². The molecule has 0 spiro atoms. The second kappa shape index (κ2) is 12.4. The van der Waals surface area contributed by atoms with E-state index in [-0.39, 0.29) is 41.1 Å². The van der Waals surface area contributed by atoms with Gasteiger partial charge in [-0.3, -0.25) is 0 Å². The molecule has 0 aliphatic rings. The molecule has 0 aromatic heterocycles. The van der Waals surface area contributed by atoms with Gasteiger partial charge in [-0.1, -0.05) is 26.0 Å². The van der Waals surface area contributed by atoms with Crippen molar-refractivity contribution in [3.63, 3.8) is 0 Å². The van der Waals surface area contributed by atoms with E-state index in [4.69, 9.17) is 23.1 Å². The predicted octanol–water partition coefficient (Wildman–Crippen LogP) is 5.09. The van der Waals surface area contributed by atoms with E-state index < -0.39 is 5.41 Å². The maximum atomic E-state index is 10.4.